The zero-order valence-electron chi connectivity index (χ0n) is 12.0. The maximum absolute atomic E-state index is 11.7. The second-order valence-corrected chi connectivity index (χ2v) is 5.35. The first-order chi connectivity index (χ1) is 8.43. The Bertz CT molecular complexity index is 382. The fraction of sp³-hybridized carbons (Fsp3) is 0.643. The van der Waals surface area contributed by atoms with Crippen LogP contribution in [0.15, 0.2) is 18.5 Å². The molecule has 1 unspecified atom stereocenters. The van der Waals surface area contributed by atoms with Crippen LogP contribution in [0.1, 0.15) is 39.3 Å². The number of amides is 1. The largest absolute Gasteiger partial charge is 0.352 e. The second-order valence-electron chi connectivity index (χ2n) is 5.35. The van der Waals surface area contributed by atoms with Crippen LogP contribution in [0.3, 0.4) is 0 Å². The van der Waals surface area contributed by atoms with E-state index in [0.29, 0.717) is 18.5 Å². The molecule has 4 heteroatoms. The molecule has 0 fully saturated rings. The molecule has 0 aliphatic heterocycles. The van der Waals surface area contributed by atoms with Crippen LogP contribution >= 0.6 is 0 Å². The molecule has 0 spiro atoms. The SMILES string of the molecule is CNC(c1ccn(CC(=O)NC(C)C)c1)C(C)C. The van der Waals surface area contributed by atoms with Gasteiger partial charge in [0, 0.05) is 24.5 Å². The van der Waals surface area contributed by atoms with Gasteiger partial charge in [0.1, 0.15) is 6.54 Å². The van der Waals surface area contributed by atoms with Crippen LogP contribution in [0.4, 0.5) is 0 Å². The normalized spacial score (nSPS) is 13.1. The number of hydrogen-bond donors (Lipinski definition) is 2. The standard InChI is InChI=1S/C14H25N3O/c1-10(2)14(15-5)12-6-7-17(8-12)9-13(18)16-11(3)4/h6-8,10-11,14-15H,9H2,1-5H3,(H,16,18). The van der Waals surface area contributed by atoms with Crippen molar-refractivity contribution in [2.24, 2.45) is 5.92 Å². The summed E-state index contributed by atoms with van der Waals surface area (Å²) >= 11 is 0. The van der Waals surface area contributed by atoms with Crippen LogP contribution in [0.5, 0.6) is 0 Å². The Labute approximate surface area is 110 Å². The quantitative estimate of drug-likeness (QED) is 0.811. The molecule has 102 valence electrons. The van der Waals surface area contributed by atoms with Gasteiger partial charge in [-0.2, -0.15) is 0 Å². The highest BCUT2D eigenvalue weighted by atomic mass is 16.2. The molecule has 0 bridgehead atoms. The summed E-state index contributed by atoms with van der Waals surface area (Å²) in [5, 5.41) is 6.19. The molecular weight excluding hydrogens is 226 g/mol. The highest BCUT2D eigenvalue weighted by Gasteiger charge is 2.15. The lowest BCUT2D eigenvalue weighted by Crippen LogP contribution is -2.32. The third-order valence-electron chi connectivity index (χ3n) is 2.89. The van der Waals surface area contributed by atoms with Crippen LogP contribution in [-0.2, 0) is 11.3 Å². The number of hydrogen-bond acceptors (Lipinski definition) is 2. The Hall–Kier alpha value is -1.29. The number of nitrogens with one attached hydrogen (secondary N) is 2. The monoisotopic (exact) mass is 251 g/mol. The molecule has 1 aromatic rings. The summed E-state index contributed by atoms with van der Waals surface area (Å²) < 4.78 is 1.93. The van der Waals surface area contributed by atoms with Crippen molar-refractivity contribution in [3.8, 4) is 0 Å². The molecule has 1 rings (SSSR count). The van der Waals surface area contributed by atoms with Crippen LogP contribution in [0, 0.1) is 5.92 Å². The molecule has 18 heavy (non-hydrogen) atoms. The van der Waals surface area contributed by atoms with E-state index in [0.717, 1.165) is 0 Å². The summed E-state index contributed by atoms with van der Waals surface area (Å²) in [5.41, 5.74) is 1.23. The fourth-order valence-electron chi connectivity index (χ4n) is 2.16. The zero-order valence-corrected chi connectivity index (χ0v) is 12.0. The Kier molecular flexibility index (Phi) is 5.41. The Morgan fingerprint density at radius 3 is 2.50 bits per heavy atom. The minimum Gasteiger partial charge on any atom is -0.352 e. The molecule has 0 aliphatic rings. The predicted molar refractivity (Wildman–Crippen MR) is 74.3 cm³/mol. The van der Waals surface area contributed by atoms with Gasteiger partial charge in [0.15, 0.2) is 0 Å². The van der Waals surface area contributed by atoms with Crippen molar-refractivity contribution >= 4 is 5.91 Å². The van der Waals surface area contributed by atoms with Gasteiger partial charge in [-0.05, 0) is 38.4 Å². The van der Waals surface area contributed by atoms with Gasteiger partial charge >= 0.3 is 0 Å². The molecule has 1 aromatic heterocycles. The van der Waals surface area contributed by atoms with Crippen molar-refractivity contribution in [2.75, 3.05) is 7.05 Å². The number of aromatic nitrogens is 1. The smallest absolute Gasteiger partial charge is 0.240 e. The molecule has 1 atom stereocenters. The molecule has 1 heterocycles. The average Bonchev–Trinajstić information content (AvgIpc) is 2.65. The van der Waals surface area contributed by atoms with E-state index in [-0.39, 0.29) is 11.9 Å². The lowest BCUT2D eigenvalue weighted by Gasteiger charge is -2.18. The summed E-state index contributed by atoms with van der Waals surface area (Å²) in [5.74, 6) is 0.577. The maximum Gasteiger partial charge on any atom is 0.240 e. The molecule has 0 aliphatic carbocycles. The lowest BCUT2D eigenvalue weighted by atomic mass is 9.99. The summed E-state index contributed by atoms with van der Waals surface area (Å²) in [4.78, 5) is 11.7. The van der Waals surface area contributed by atoms with E-state index in [1.807, 2.05) is 37.9 Å². The fourth-order valence-corrected chi connectivity index (χ4v) is 2.16. The van der Waals surface area contributed by atoms with Gasteiger partial charge in [-0.3, -0.25) is 4.79 Å². The number of rotatable bonds is 6. The van der Waals surface area contributed by atoms with E-state index in [2.05, 4.69) is 30.5 Å². The molecule has 2 N–H and O–H groups in total. The van der Waals surface area contributed by atoms with Crippen LogP contribution in [-0.4, -0.2) is 23.6 Å². The molecule has 1 amide bonds. The van der Waals surface area contributed by atoms with E-state index in [9.17, 15) is 4.79 Å². The molecule has 0 aromatic carbocycles. The van der Waals surface area contributed by atoms with Crippen LogP contribution in [0.2, 0.25) is 0 Å². The highest BCUT2D eigenvalue weighted by molar-refractivity contribution is 5.76. The van der Waals surface area contributed by atoms with E-state index < -0.39 is 0 Å². The zero-order chi connectivity index (χ0) is 13.7. The van der Waals surface area contributed by atoms with Crippen LogP contribution in [0.25, 0.3) is 0 Å². The van der Waals surface area contributed by atoms with Crippen molar-refractivity contribution in [3.63, 3.8) is 0 Å². The van der Waals surface area contributed by atoms with Crippen molar-refractivity contribution in [2.45, 2.75) is 46.3 Å². The number of carbonyl (C=O) groups excluding carboxylic acids is 1. The van der Waals surface area contributed by atoms with Gasteiger partial charge in [0.25, 0.3) is 0 Å². The second kappa shape index (κ2) is 6.59. The molecule has 0 radical (unpaired) electrons. The Morgan fingerprint density at radius 2 is 2.00 bits per heavy atom. The summed E-state index contributed by atoms with van der Waals surface area (Å²) in [6, 6.07) is 2.59. The summed E-state index contributed by atoms with van der Waals surface area (Å²) in [6.45, 7) is 8.68. The van der Waals surface area contributed by atoms with Gasteiger partial charge in [-0.15, -0.1) is 0 Å². The minimum atomic E-state index is 0.0534. The van der Waals surface area contributed by atoms with E-state index in [4.69, 9.17) is 0 Å². The van der Waals surface area contributed by atoms with E-state index >= 15 is 0 Å². The molecular formula is C14H25N3O. The van der Waals surface area contributed by atoms with E-state index in [1.54, 1.807) is 0 Å². The number of carbonyl (C=O) groups is 1. The lowest BCUT2D eigenvalue weighted by molar-refractivity contribution is -0.122. The van der Waals surface area contributed by atoms with Crippen molar-refractivity contribution in [1.82, 2.24) is 15.2 Å². The molecule has 0 saturated heterocycles. The Balaban J connectivity index is 2.65. The molecule has 0 saturated carbocycles. The van der Waals surface area contributed by atoms with Gasteiger partial charge < -0.3 is 15.2 Å². The number of nitrogens with zero attached hydrogens (tertiary/aromatic N) is 1. The third kappa shape index (κ3) is 4.18. The first-order valence-corrected chi connectivity index (χ1v) is 6.56. The molecule has 4 nitrogen and oxygen atoms in total. The highest BCUT2D eigenvalue weighted by Crippen LogP contribution is 2.21. The van der Waals surface area contributed by atoms with Crippen molar-refractivity contribution in [3.05, 3.63) is 24.0 Å². The average molecular weight is 251 g/mol. The topological polar surface area (TPSA) is 46.1 Å². The predicted octanol–water partition coefficient (Wildman–Crippen LogP) is 1.93. The first kappa shape index (κ1) is 14.8. The van der Waals surface area contributed by atoms with Crippen molar-refractivity contribution < 1.29 is 4.79 Å². The minimum absolute atomic E-state index is 0.0534. The van der Waals surface area contributed by atoms with Gasteiger partial charge in [0.2, 0.25) is 5.91 Å². The van der Waals surface area contributed by atoms with Crippen molar-refractivity contribution in [1.29, 1.82) is 0 Å². The van der Waals surface area contributed by atoms with Gasteiger partial charge in [0.05, 0.1) is 0 Å². The summed E-state index contributed by atoms with van der Waals surface area (Å²) in [6.07, 6.45) is 4.00. The van der Waals surface area contributed by atoms with E-state index in [1.165, 1.54) is 5.56 Å². The summed E-state index contributed by atoms with van der Waals surface area (Å²) in [7, 11) is 1.97. The van der Waals surface area contributed by atoms with Crippen LogP contribution < -0.4 is 10.6 Å². The third-order valence-corrected chi connectivity index (χ3v) is 2.89. The maximum atomic E-state index is 11.7. The van der Waals surface area contributed by atoms with Gasteiger partial charge in [-0.1, -0.05) is 13.8 Å². The van der Waals surface area contributed by atoms with Gasteiger partial charge in [-0.25, -0.2) is 0 Å². The first-order valence-electron chi connectivity index (χ1n) is 6.56. The Morgan fingerprint density at radius 1 is 1.33 bits per heavy atom.